The fourth-order valence-electron chi connectivity index (χ4n) is 4.34. The Hall–Kier alpha value is -2.92. The van der Waals surface area contributed by atoms with E-state index < -0.39 is 0 Å². The van der Waals surface area contributed by atoms with Crippen LogP contribution in [-0.2, 0) is 7.05 Å². The Kier molecular flexibility index (Phi) is 5.49. The number of aryl methyl sites for hydroxylation is 2. The number of carbonyl (C=O) groups excluding carboxylic acids is 1. The molecule has 0 bridgehead atoms. The van der Waals surface area contributed by atoms with Crippen molar-refractivity contribution in [3.05, 3.63) is 81.6 Å². The van der Waals surface area contributed by atoms with Crippen molar-refractivity contribution in [2.45, 2.75) is 19.3 Å². The second-order valence-electron chi connectivity index (χ2n) is 7.88. The molecule has 5 heteroatoms. The van der Waals surface area contributed by atoms with Gasteiger partial charge in [-0.05, 0) is 54.5 Å². The van der Waals surface area contributed by atoms with E-state index in [2.05, 4.69) is 41.4 Å². The van der Waals surface area contributed by atoms with Crippen LogP contribution in [0.3, 0.4) is 0 Å². The molecule has 150 valence electrons. The van der Waals surface area contributed by atoms with Crippen LogP contribution in [0.25, 0.3) is 10.9 Å². The van der Waals surface area contributed by atoms with Crippen molar-refractivity contribution < 1.29 is 4.79 Å². The summed E-state index contributed by atoms with van der Waals surface area (Å²) in [6.07, 6.45) is 1.14. The van der Waals surface area contributed by atoms with Crippen molar-refractivity contribution in [2.24, 2.45) is 7.05 Å². The van der Waals surface area contributed by atoms with Crippen LogP contribution < -0.4 is 10.9 Å². The topological polar surface area (TPSA) is 54.3 Å². The summed E-state index contributed by atoms with van der Waals surface area (Å²) in [4.78, 5) is 27.6. The summed E-state index contributed by atoms with van der Waals surface area (Å²) < 4.78 is 1.54. The van der Waals surface area contributed by atoms with Gasteiger partial charge in [0.1, 0.15) is 5.56 Å². The summed E-state index contributed by atoms with van der Waals surface area (Å²) in [5, 5.41) is 3.82. The van der Waals surface area contributed by atoms with Crippen LogP contribution in [-0.4, -0.2) is 41.6 Å². The molecule has 0 aliphatic carbocycles. The number of hydrogen-bond acceptors (Lipinski definition) is 3. The number of benzene rings is 2. The fraction of sp³-hybridized carbons (Fsp3) is 0.333. The molecule has 5 nitrogen and oxygen atoms in total. The lowest BCUT2D eigenvalue weighted by Gasteiger charge is -2.17. The summed E-state index contributed by atoms with van der Waals surface area (Å²) >= 11 is 0. The number of nitrogens with one attached hydrogen (secondary N) is 1. The van der Waals surface area contributed by atoms with Crippen LogP contribution in [0.1, 0.15) is 33.8 Å². The van der Waals surface area contributed by atoms with Gasteiger partial charge in [0.05, 0.1) is 5.52 Å². The van der Waals surface area contributed by atoms with Crippen LogP contribution in [0.2, 0.25) is 0 Å². The summed E-state index contributed by atoms with van der Waals surface area (Å²) in [6.45, 7) is 5.55. The second-order valence-corrected chi connectivity index (χ2v) is 7.88. The number of fused-ring (bicyclic) bond motifs is 1. The average molecular weight is 389 g/mol. The number of carbonyl (C=O) groups is 1. The van der Waals surface area contributed by atoms with E-state index in [1.165, 1.54) is 15.7 Å². The van der Waals surface area contributed by atoms with Crippen molar-refractivity contribution in [2.75, 3.05) is 26.2 Å². The van der Waals surface area contributed by atoms with E-state index in [1.807, 2.05) is 24.3 Å². The SMILES string of the molecule is Cc1ccccc1[C@H]1CCN(CCNC(=O)c2cc3ccccc3n(C)c2=O)C1. The van der Waals surface area contributed by atoms with Gasteiger partial charge >= 0.3 is 0 Å². The number of pyridine rings is 1. The molecule has 0 spiro atoms. The molecule has 29 heavy (non-hydrogen) atoms. The zero-order valence-corrected chi connectivity index (χ0v) is 17.0. The molecule has 2 heterocycles. The smallest absolute Gasteiger partial charge is 0.263 e. The lowest BCUT2D eigenvalue weighted by Crippen LogP contribution is -2.37. The van der Waals surface area contributed by atoms with Crippen molar-refractivity contribution >= 4 is 16.8 Å². The molecule has 0 radical (unpaired) electrons. The molecule has 4 rings (SSSR count). The van der Waals surface area contributed by atoms with Crippen molar-refractivity contribution in [1.29, 1.82) is 0 Å². The largest absolute Gasteiger partial charge is 0.351 e. The Bertz CT molecular complexity index is 1100. The van der Waals surface area contributed by atoms with Gasteiger partial charge in [-0.2, -0.15) is 0 Å². The molecule has 1 fully saturated rings. The molecule has 1 aliphatic rings. The second kappa shape index (κ2) is 8.21. The Morgan fingerprint density at radius 3 is 2.72 bits per heavy atom. The molecule has 0 saturated carbocycles. The van der Waals surface area contributed by atoms with Gasteiger partial charge < -0.3 is 14.8 Å². The maximum atomic E-state index is 12.6. The molecule has 3 aromatic rings. The first-order valence-corrected chi connectivity index (χ1v) is 10.2. The monoisotopic (exact) mass is 389 g/mol. The van der Waals surface area contributed by atoms with Crippen molar-refractivity contribution in [1.82, 2.24) is 14.8 Å². The minimum absolute atomic E-state index is 0.199. The van der Waals surface area contributed by atoms with Crippen LogP contribution >= 0.6 is 0 Å². The number of para-hydroxylation sites is 1. The van der Waals surface area contributed by atoms with Gasteiger partial charge in [-0.15, -0.1) is 0 Å². The summed E-state index contributed by atoms with van der Waals surface area (Å²) in [7, 11) is 1.71. The lowest BCUT2D eigenvalue weighted by molar-refractivity contribution is 0.0948. The zero-order valence-electron chi connectivity index (χ0n) is 17.0. The van der Waals surface area contributed by atoms with E-state index in [9.17, 15) is 9.59 Å². The van der Waals surface area contributed by atoms with Gasteiger partial charge in [-0.25, -0.2) is 0 Å². The number of aromatic nitrogens is 1. The van der Waals surface area contributed by atoms with Crippen molar-refractivity contribution in [3.63, 3.8) is 0 Å². The van der Waals surface area contributed by atoms with Crippen LogP contribution in [0.5, 0.6) is 0 Å². The summed E-state index contributed by atoms with van der Waals surface area (Å²) in [5.41, 5.74) is 3.54. The molecular weight excluding hydrogens is 362 g/mol. The van der Waals surface area contributed by atoms with E-state index in [1.54, 1.807) is 13.1 Å². The zero-order chi connectivity index (χ0) is 20.4. The maximum Gasteiger partial charge on any atom is 0.263 e. The number of rotatable bonds is 5. The molecule has 2 aromatic carbocycles. The van der Waals surface area contributed by atoms with Crippen LogP contribution in [0, 0.1) is 6.92 Å². The van der Waals surface area contributed by atoms with Gasteiger partial charge in [0.2, 0.25) is 0 Å². The molecule has 1 atom stereocenters. The van der Waals surface area contributed by atoms with Gasteiger partial charge in [-0.3, -0.25) is 9.59 Å². The Morgan fingerprint density at radius 2 is 1.90 bits per heavy atom. The molecule has 1 N–H and O–H groups in total. The number of amides is 1. The van der Waals surface area contributed by atoms with Crippen LogP contribution in [0.15, 0.2) is 59.4 Å². The lowest BCUT2D eigenvalue weighted by atomic mass is 9.94. The van der Waals surface area contributed by atoms with Crippen LogP contribution in [0.4, 0.5) is 0 Å². The van der Waals surface area contributed by atoms with Gasteiger partial charge in [0, 0.05) is 26.7 Å². The van der Waals surface area contributed by atoms with Gasteiger partial charge in [-0.1, -0.05) is 42.5 Å². The van der Waals surface area contributed by atoms with Crippen molar-refractivity contribution in [3.8, 4) is 0 Å². The standard InChI is InChI=1S/C24H27N3O2/c1-17-7-3-5-9-20(17)19-11-13-27(16-19)14-12-25-23(28)21-15-18-8-4-6-10-22(18)26(2)24(21)29/h3-10,15,19H,11-14,16H2,1-2H3,(H,25,28)/t19-/m0/s1. The summed E-state index contributed by atoms with van der Waals surface area (Å²) in [5.74, 6) is 0.255. The fourth-order valence-corrected chi connectivity index (χ4v) is 4.34. The van der Waals surface area contributed by atoms with E-state index in [4.69, 9.17) is 0 Å². The highest BCUT2D eigenvalue weighted by Gasteiger charge is 2.24. The third-order valence-corrected chi connectivity index (χ3v) is 5.99. The molecule has 1 saturated heterocycles. The molecular formula is C24H27N3O2. The van der Waals surface area contributed by atoms with Gasteiger partial charge in [0.25, 0.3) is 11.5 Å². The molecule has 0 unspecified atom stereocenters. The molecule has 1 amide bonds. The first kappa shape index (κ1) is 19.4. The highest BCUT2D eigenvalue weighted by atomic mass is 16.2. The normalized spacial score (nSPS) is 17.0. The van der Waals surface area contributed by atoms with Gasteiger partial charge in [0.15, 0.2) is 0 Å². The predicted octanol–water partition coefficient (Wildman–Crippen LogP) is 3.07. The number of nitrogens with zero attached hydrogens (tertiary/aromatic N) is 2. The first-order chi connectivity index (χ1) is 14.0. The minimum atomic E-state index is -0.300. The minimum Gasteiger partial charge on any atom is -0.351 e. The predicted molar refractivity (Wildman–Crippen MR) is 116 cm³/mol. The quantitative estimate of drug-likeness (QED) is 0.730. The third kappa shape index (κ3) is 3.96. The maximum absolute atomic E-state index is 12.6. The summed E-state index contributed by atoms with van der Waals surface area (Å²) in [6, 6.07) is 17.9. The number of hydrogen-bond donors (Lipinski definition) is 1. The molecule has 1 aromatic heterocycles. The third-order valence-electron chi connectivity index (χ3n) is 5.99. The Morgan fingerprint density at radius 1 is 1.14 bits per heavy atom. The van der Waals surface area contributed by atoms with E-state index in [0.29, 0.717) is 12.5 Å². The first-order valence-electron chi connectivity index (χ1n) is 10.2. The number of likely N-dealkylation sites (tertiary alicyclic amines) is 1. The van der Waals surface area contributed by atoms with E-state index in [0.717, 1.165) is 37.0 Å². The average Bonchev–Trinajstić information content (AvgIpc) is 3.19. The van der Waals surface area contributed by atoms with E-state index in [-0.39, 0.29) is 17.0 Å². The highest BCUT2D eigenvalue weighted by Crippen LogP contribution is 2.28. The Balaban J connectivity index is 1.36. The Labute approximate surface area is 171 Å². The highest BCUT2D eigenvalue weighted by molar-refractivity contribution is 5.97. The molecule has 1 aliphatic heterocycles. The van der Waals surface area contributed by atoms with E-state index >= 15 is 0 Å².